The fraction of sp³-hybridized carbons (Fsp3) is 0.143. The Balaban J connectivity index is 3.19. The van der Waals surface area contributed by atoms with Gasteiger partial charge in [0.15, 0.2) is 5.78 Å². The smallest absolute Gasteiger partial charge is 0.178 e. The van der Waals surface area contributed by atoms with Gasteiger partial charge in [0.05, 0.1) is 0 Å². The first-order valence-corrected chi connectivity index (χ1v) is 4.01. The van der Waals surface area contributed by atoms with E-state index in [0.29, 0.717) is 3.70 Å². The summed E-state index contributed by atoms with van der Waals surface area (Å²) in [5.41, 5.74) is 0.175. The summed E-state index contributed by atoms with van der Waals surface area (Å²) < 4.78 is 13.1. The maximum atomic E-state index is 12.6. The molecule has 0 unspecified atom stereocenters. The molecule has 0 amide bonds. The van der Waals surface area contributed by atoms with Gasteiger partial charge in [-0.3, -0.25) is 4.79 Å². The van der Waals surface area contributed by atoms with Crippen molar-refractivity contribution in [2.24, 2.45) is 0 Å². The monoisotopic (exact) mass is 265 g/mol. The minimum absolute atomic E-state index is 0.175. The molecule has 0 aliphatic carbocycles. The summed E-state index contributed by atoms with van der Waals surface area (Å²) in [7, 11) is 0. The zero-order valence-corrected chi connectivity index (χ0v) is 7.92. The van der Waals surface area contributed by atoms with Gasteiger partial charge in [0, 0.05) is 19.1 Å². The zero-order valence-electron chi connectivity index (χ0n) is 5.77. The van der Waals surface area contributed by atoms with Crippen LogP contribution in [-0.4, -0.2) is 10.8 Å². The molecule has 0 saturated carbocycles. The number of halogens is 2. The minimum Gasteiger partial charge on any atom is -0.293 e. The Hall–Kier alpha value is -0.520. The maximum Gasteiger partial charge on any atom is 0.178 e. The fourth-order valence-corrected chi connectivity index (χ4v) is 1.20. The molecule has 0 saturated heterocycles. The van der Waals surface area contributed by atoms with Crippen LogP contribution in [0.1, 0.15) is 17.4 Å². The van der Waals surface area contributed by atoms with Crippen molar-refractivity contribution in [1.29, 1.82) is 0 Å². The Morgan fingerprint density at radius 1 is 1.64 bits per heavy atom. The van der Waals surface area contributed by atoms with E-state index in [1.807, 2.05) is 22.6 Å². The highest BCUT2D eigenvalue weighted by Crippen LogP contribution is 2.06. The number of aromatic nitrogens is 1. The van der Waals surface area contributed by atoms with Gasteiger partial charge in [0.1, 0.15) is 15.2 Å². The third kappa shape index (κ3) is 2.21. The lowest BCUT2D eigenvalue weighted by molar-refractivity contribution is 0.101. The lowest BCUT2D eigenvalue weighted by atomic mass is 10.3. The average Bonchev–Trinajstić information content (AvgIpc) is 1.85. The number of nitrogens with zero attached hydrogens (tertiary/aromatic N) is 1. The van der Waals surface area contributed by atoms with Crippen molar-refractivity contribution in [3.05, 3.63) is 27.3 Å². The highest BCUT2D eigenvalue weighted by molar-refractivity contribution is 14.1. The van der Waals surface area contributed by atoms with Gasteiger partial charge in [-0.05, 0) is 22.6 Å². The summed E-state index contributed by atoms with van der Waals surface area (Å²) in [6.07, 6.45) is 0. The Kier molecular flexibility index (Phi) is 2.53. The summed E-state index contributed by atoms with van der Waals surface area (Å²) in [4.78, 5) is 14.5. The third-order valence-corrected chi connectivity index (χ3v) is 1.67. The van der Waals surface area contributed by atoms with E-state index in [2.05, 4.69) is 4.98 Å². The van der Waals surface area contributed by atoms with Crippen molar-refractivity contribution in [3.8, 4) is 0 Å². The summed E-state index contributed by atoms with van der Waals surface area (Å²) in [5.74, 6) is -0.642. The summed E-state index contributed by atoms with van der Waals surface area (Å²) in [6.45, 7) is 1.36. The van der Waals surface area contributed by atoms with Gasteiger partial charge in [-0.15, -0.1) is 0 Å². The summed E-state index contributed by atoms with van der Waals surface area (Å²) >= 11 is 1.86. The predicted molar refractivity (Wildman–Crippen MR) is 46.9 cm³/mol. The second-order valence-electron chi connectivity index (χ2n) is 2.05. The van der Waals surface area contributed by atoms with Crippen LogP contribution >= 0.6 is 22.6 Å². The summed E-state index contributed by atoms with van der Waals surface area (Å²) in [6, 6.07) is 2.40. The van der Waals surface area contributed by atoms with E-state index in [4.69, 9.17) is 0 Å². The molecule has 0 fully saturated rings. The molecule has 11 heavy (non-hydrogen) atoms. The van der Waals surface area contributed by atoms with Crippen LogP contribution in [0.2, 0.25) is 0 Å². The molecule has 0 bridgehead atoms. The van der Waals surface area contributed by atoms with Gasteiger partial charge in [-0.25, -0.2) is 9.37 Å². The van der Waals surface area contributed by atoms with Crippen LogP contribution in [0.3, 0.4) is 0 Å². The Bertz CT molecular complexity index is 280. The lowest BCUT2D eigenvalue weighted by Crippen LogP contribution is -1.98. The highest BCUT2D eigenvalue weighted by atomic mass is 127. The molecule has 2 nitrogen and oxygen atoms in total. The van der Waals surface area contributed by atoms with Crippen LogP contribution in [0.25, 0.3) is 0 Å². The van der Waals surface area contributed by atoms with Crippen molar-refractivity contribution in [1.82, 2.24) is 4.98 Å². The molecule has 0 N–H and O–H groups in total. The molecule has 4 heteroatoms. The Labute approximate surface area is 77.0 Å². The number of hydrogen-bond donors (Lipinski definition) is 0. The van der Waals surface area contributed by atoms with Gasteiger partial charge in [-0.1, -0.05) is 0 Å². The van der Waals surface area contributed by atoms with Gasteiger partial charge in [0.2, 0.25) is 0 Å². The molecule has 0 aromatic carbocycles. The predicted octanol–water partition coefficient (Wildman–Crippen LogP) is 2.03. The van der Waals surface area contributed by atoms with E-state index in [-0.39, 0.29) is 11.5 Å². The SMILES string of the molecule is CC(=O)c1cc(F)cc(I)n1. The molecular weight excluding hydrogens is 260 g/mol. The van der Waals surface area contributed by atoms with Crippen LogP contribution in [0.5, 0.6) is 0 Å². The van der Waals surface area contributed by atoms with E-state index in [1.54, 1.807) is 0 Å². The van der Waals surface area contributed by atoms with Crippen LogP contribution < -0.4 is 0 Å². The number of hydrogen-bond acceptors (Lipinski definition) is 2. The number of carbonyl (C=O) groups is 1. The Morgan fingerprint density at radius 3 is 2.73 bits per heavy atom. The van der Waals surface area contributed by atoms with E-state index >= 15 is 0 Å². The van der Waals surface area contributed by atoms with Gasteiger partial charge in [0.25, 0.3) is 0 Å². The van der Waals surface area contributed by atoms with Gasteiger partial charge >= 0.3 is 0 Å². The Morgan fingerprint density at radius 2 is 2.27 bits per heavy atom. The molecular formula is C7H5FINO. The molecule has 1 heterocycles. The van der Waals surface area contributed by atoms with Crippen LogP contribution in [0.15, 0.2) is 12.1 Å². The van der Waals surface area contributed by atoms with Crippen LogP contribution in [0.4, 0.5) is 4.39 Å². The third-order valence-electron chi connectivity index (χ3n) is 1.12. The van der Waals surface area contributed by atoms with Crippen molar-refractivity contribution < 1.29 is 9.18 Å². The second-order valence-corrected chi connectivity index (χ2v) is 3.15. The number of pyridine rings is 1. The molecule has 0 aliphatic heterocycles. The molecule has 0 aliphatic rings. The molecule has 58 valence electrons. The largest absolute Gasteiger partial charge is 0.293 e. The molecule has 0 spiro atoms. The topological polar surface area (TPSA) is 30.0 Å². The second kappa shape index (κ2) is 3.25. The van der Waals surface area contributed by atoms with Crippen molar-refractivity contribution in [3.63, 3.8) is 0 Å². The van der Waals surface area contributed by atoms with E-state index < -0.39 is 5.82 Å². The fourth-order valence-electron chi connectivity index (χ4n) is 0.646. The standard InChI is InChI=1S/C7H5FINO/c1-4(11)6-2-5(8)3-7(9)10-6/h2-3H,1H3. The normalized spacial score (nSPS) is 9.73. The molecule has 0 radical (unpaired) electrons. The summed E-state index contributed by atoms with van der Waals surface area (Å²) in [5, 5.41) is 0. The van der Waals surface area contributed by atoms with Gasteiger partial charge in [-0.2, -0.15) is 0 Å². The number of ketones is 1. The van der Waals surface area contributed by atoms with E-state index in [0.717, 1.165) is 6.07 Å². The number of Topliss-reactive ketones (excluding diaryl/α,β-unsaturated/α-hetero) is 1. The average molecular weight is 265 g/mol. The molecule has 1 aromatic heterocycles. The van der Waals surface area contributed by atoms with E-state index in [9.17, 15) is 9.18 Å². The number of rotatable bonds is 1. The van der Waals surface area contributed by atoms with Crippen LogP contribution in [-0.2, 0) is 0 Å². The van der Waals surface area contributed by atoms with E-state index in [1.165, 1.54) is 13.0 Å². The molecule has 1 rings (SSSR count). The van der Waals surface area contributed by atoms with Crippen molar-refractivity contribution >= 4 is 28.4 Å². The minimum atomic E-state index is -0.422. The first kappa shape index (κ1) is 8.58. The quantitative estimate of drug-likeness (QED) is 0.441. The first-order valence-electron chi connectivity index (χ1n) is 2.93. The molecule has 0 atom stereocenters. The van der Waals surface area contributed by atoms with Crippen molar-refractivity contribution in [2.75, 3.05) is 0 Å². The first-order chi connectivity index (χ1) is 5.09. The number of carbonyl (C=O) groups excluding carboxylic acids is 1. The van der Waals surface area contributed by atoms with Gasteiger partial charge < -0.3 is 0 Å². The zero-order chi connectivity index (χ0) is 8.43. The van der Waals surface area contributed by atoms with Crippen LogP contribution in [0, 0.1) is 9.52 Å². The van der Waals surface area contributed by atoms with Crippen molar-refractivity contribution in [2.45, 2.75) is 6.92 Å². The maximum absolute atomic E-state index is 12.6. The highest BCUT2D eigenvalue weighted by Gasteiger charge is 2.03. The lowest BCUT2D eigenvalue weighted by Gasteiger charge is -1.95. The molecule has 1 aromatic rings.